The lowest BCUT2D eigenvalue weighted by Crippen LogP contribution is -2.32. The highest BCUT2D eigenvalue weighted by atomic mass is 19.1. The Labute approximate surface area is 127 Å². The molecule has 0 radical (unpaired) electrons. The van der Waals surface area contributed by atoms with Crippen LogP contribution in [0.3, 0.4) is 0 Å². The molecule has 2 amide bonds. The number of hydrogen-bond acceptors (Lipinski definition) is 3. The minimum Gasteiger partial charge on any atom is -0.298 e. The second kappa shape index (κ2) is 5.55. The zero-order chi connectivity index (χ0) is 15.7. The van der Waals surface area contributed by atoms with Crippen LogP contribution in [0.4, 0.5) is 20.6 Å². The highest BCUT2D eigenvalue weighted by Gasteiger charge is 2.31. The summed E-state index contributed by atoms with van der Waals surface area (Å²) in [6.07, 6.45) is 3.77. The minimum absolute atomic E-state index is 0.0543. The van der Waals surface area contributed by atoms with Crippen molar-refractivity contribution in [2.45, 2.75) is 6.92 Å². The van der Waals surface area contributed by atoms with Gasteiger partial charge in [-0.25, -0.2) is 9.18 Å². The fraction of sp³-hybridized carbons (Fsp3) is 0.188. The van der Waals surface area contributed by atoms with Crippen LogP contribution >= 0.6 is 0 Å². The van der Waals surface area contributed by atoms with Crippen molar-refractivity contribution in [1.82, 2.24) is 4.98 Å². The first-order chi connectivity index (χ1) is 10.6. The summed E-state index contributed by atoms with van der Waals surface area (Å²) in [5.41, 5.74) is 2.17. The third kappa shape index (κ3) is 2.32. The Balaban J connectivity index is 1.91. The molecule has 0 unspecified atom stereocenters. The first-order valence-corrected chi connectivity index (χ1v) is 6.86. The van der Waals surface area contributed by atoms with Gasteiger partial charge in [-0.3, -0.25) is 19.6 Å². The SMILES string of the molecule is Cc1ccncc1N1CCN(c2ccc(F)c(C=O)c2)C1=O. The molecule has 3 rings (SSSR count). The number of urea groups is 1. The molecule has 1 aliphatic rings. The van der Waals surface area contributed by atoms with Crippen molar-refractivity contribution in [3.05, 3.63) is 53.6 Å². The Morgan fingerprint density at radius 3 is 2.73 bits per heavy atom. The Bertz CT molecular complexity index is 748. The predicted molar refractivity (Wildman–Crippen MR) is 80.8 cm³/mol. The molecule has 22 heavy (non-hydrogen) atoms. The van der Waals surface area contributed by atoms with Crippen molar-refractivity contribution in [3.8, 4) is 0 Å². The van der Waals surface area contributed by atoms with Gasteiger partial charge in [-0.2, -0.15) is 0 Å². The maximum Gasteiger partial charge on any atom is 0.329 e. The summed E-state index contributed by atoms with van der Waals surface area (Å²) in [7, 11) is 0. The summed E-state index contributed by atoms with van der Waals surface area (Å²) < 4.78 is 13.4. The summed E-state index contributed by atoms with van der Waals surface area (Å²) >= 11 is 0. The second-order valence-corrected chi connectivity index (χ2v) is 5.07. The van der Waals surface area contributed by atoms with Gasteiger partial charge in [-0.05, 0) is 36.8 Å². The molecular weight excluding hydrogens is 285 g/mol. The zero-order valence-corrected chi connectivity index (χ0v) is 12.0. The maximum atomic E-state index is 13.4. The number of aldehydes is 1. The van der Waals surface area contributed by atoms with Crippen LogP contribution in [0.1, 0.15) is 15.9 Å². The van der Waals surface area contributed by atoms with Gasteiger partial charge < -0.3 is 0 Å². The second-order valence-electron chi connectivity index (χ2n) is 5.07. The van der Waals surface area contributed by atoms with E-state index in [0.717, 1.165) is 11.3 Å². The van der Waals surface area contributed by atoms with Crippen LogP contribution in [0.25, 0.3) is 0 Å². The van der Waals surface area contributed by atoms with Crippen LogP contribution in [0.5, 0.6) is 0 Å². The van der Waals surface area contributed by atoms with E-state index < -0.39 is 5.82 Å². The number of carbonyl (C=O) groups excluding carboxylic acids is 2. The highest BCUT2D eigenvalue weighted by molar-refractivity contribution is 6.06. The van der Waals surface area contributed by atoms with E-state index in [1.807, 2.05) is 13.0 Å². The van der Waals surface area contributed by atoms with Crippen LogP contribution in [0.2, 0.25) is 0 Å². The van der Waals surface area contributed by atoms with Gasteiger partial charge in [0.15, 0.2) is 6.29 Å². The van der Waals surface area contributed by atoms with E-state index >= 15 is 0 Å². The summed E-state index contributed by atoms with van der Waals surface area (Å²) in [6, 6.07) is 5.72. The molecule has 1 aromatic heterocycles. The van der Waals surface area contributed by atoms with Crippen molar-refractivity contribution in [2.24, 2.45) is 0 Å². The van der Waals surface area contributed by atoms with Crippen LogP contribution in [-0.2, 0) is 0 Å². The molecule has 2 aromatic rings. The van der Waals surface area contributed by atoms with E-state index in [1.165, 1.54) is 23.1 Å². The van der Waals surface area contributed by atoms with E-state index in [9.17, 15) is 14.0 Å². The van der Waals surface area contributed by atoms with E-state index in [0.29, 0.717) is 25.1 Å². The van der Waals surface area contributed by atoms with Gasteiger partial charge in [0.05, 0.1) is 17.4 Å². The number of carbonyl (C=O) groups is 2. The number of aryl methyl sites for hydroxylation is 1. The quantitative estimate of drug-likeness (QED) is 0.819. The summed E-state index contributed by atoms with van der Waals surface area (Å²) in [5.74, 6) is -0.592. The van der Waals surface area contributed by atoms with Crippen molar-refractivity contribution >= 4 is 23.7 Å². The van der Waals surface area contributed by atoms with Gasteiger partial charge in [-0.15, -0.1) is 0 Å². The number of pyridine rings is 1. The summed E-state index contributed by atoms with van der Waals surface area (Å²) in [5, 5.41) is 0. The number of anilines is 2. The molecule has 112 valence electrons. The lowest BCUT2D eigenvalue weighted by molar-refractivity contribution is 0.112. The minimum atomic E-state index is -0.592. The van der Waals surface area contributed by atoms with E-state index in [1.54, 1.807) is 17.3 Å². The molecule has 6 heteroatoms. The number of amides is 2. The number of rotatable bonds is 3. The van der Waals surface area contributed by atoms with E-state index in [2.05, 4.69) is 4.98 Å². The molecule has 5 nitrogen and oxygen atoms in total. The fourth-order valence-corrected chi connectivity index (χ4v) is 2.53. The van der Waals surface area contributed by atoms with Gasteiger partial charge in [0.2, 0.25) is 0 Å². The Hall–Kier alpha value is -2.76. The monoisotopic (exact) mass is 299 g/mol. The van der Waals surface area contributed by atoms with E-state index in [-0.39, 0.29) is 11.6 Å². The topological polar surface area (TPSA) is 53.5 Å². The Kier molecular flexibility index (Phi) is 3.58. The number of halogens is 1. The predicted octanol–water partition coefficient (Wildman–Crippen LogP) is 2.79. The van der Waals surface area contributed by atoms with Crippen molar-refractivity contribution in [1.29, 1.82) is 0 Å². The molecule has 0 atom stereocenters. The molecule has 0 N–H and O–H groups in total. The number of hydrogen-bond donors (Lipinski definition) is 0. The van der Waals surface area contributed by atoms with Crippen LogP contribution in [0, 0.1) is 12.7 Å². The standard InChI is InChI=1S/C16H14FN3O2/c1-11-4-5-18-9-15(11)20-7-6-19(16(20)22)13-2-3-14(17)12(8-13)10-21/h2-5,8-10H,6-7H2,1H3. The Morgan fingerprint density at radius 2 is 2.00 bits per heavy atom. The van der Waals surface area contributed by atoms with Gasteiger partial charge in [-0.1, -0.05) is 0 Å². The third-order valence-corrected chi connectivity index (χ3v) is 3.73. The first kappa shape index (κ1) is 14.2. The normalized spacial score (nSPS) is 14.5. The van der Waals surface area contributed by atoms with Crippen LogP contribution < -0.4 is 9.80 Å². The van der Waals surface area contributed by atoms with Gasteiger partial charge in [0.25, 0.3) is 0 Å². The average molecular weight is 299 g/mol. The van der Waals surface area contributed by atoms with Gasteiger partial charge in [0, 0.05) is 25.0 Å². The Morgan fingerprint density at radius 1 is 1.23 bits per heavy atom. The zero-order valence-electron chi connectivity index (χ0n) is 12.0. The smallest absolute Gasteiger partial charge is 0.298 e. The van der Waals surface area contributed by atoms with Gasteiger partial charge in [0.1, 0.15) is 5.82 Å². The van der Waals surface area contributed by atoms with Crippen molar-refractivity contribution in [3.63, 3.8) is 0 Å². The lowest BCUT2D eigenvalue weighted by atomic mass is 10.2. The van der Waals surface area contributed by atoms with E-state index in [4.69, 9.17) is 0 Å². The molecule has 0 bridgehead atoms. The molecular formula is C16H14FN3O2. The summed E-state index contributed by atoms with van der Waals surface area (Å²) in [6.45, 7) is 2.89. The lowest BCUT2D eigenvalue weighted by Gasteiger charge is -2.20. The summed E-state index contributed by atoms with van der Waals surface area (Å²) in [4.78, 5) is 30.6. The van der Waals surface area contributed by atoms with Gasteiger partial charge >= 0.3 is 6.03 Å². The molecule has 2 heterocycles. The molecule has 0 spiro atoms. The average Bonchev–Trinajstić information content (AvgIpc) is 2.90. The fourth-order valence-electron chi connectivity index (χ4n) is 2.53. The molecule has 0 aliphatic carbocycles. The number of nitrogens with zero attached hydrogens (tertiary/aromatic N) is 3. The first-order valence-electron chi connectivity index (χ1n) is 6.86. The molecule has 1 fully saturated rings. The van der Waals surface area contributed by atoms with Crippen LogP contribution in [0.15, 0.2) is 36.7 Å². The highest BCUT2D eigenvalue weighted by Crippen LogP contribution is 2.27. The molecule has 1 saturated heterocycles. The molecule has 1 aromatic carbocycles. The number of aromatic nitrogens is 1. The molecule has 0 saturated carbocycles. The van der Waals surface area contributed by atoms with Crippen molar-refractivity contribution < 1.29 is 14.0 Å². The van der Waals surface area contributed by atoms with Crippen molar-refractivity contribution in [2.75, 3.05) is 22.9 Å². The maximum absolute atomic E-state index is 13.4. The third-order valence-electron chi connectivity index (χ3n) is 3.73. The molecule has 1 aliphatic heterocycles. The van der Waals surface area contributed by atoms with Crippen LogP contribution in [-0.4, -0.2) is 30.4 Å². The number of benzene rings is 1. The largest absolute Gasteiger partial charge is 0.329 e.